The lowest BCUT2D eigenvalue weighted by Crippen LogP contribution is -2.14. The second-order valence-corrected chi connectivity index (χ2v) is 5.68. The highest BCUT2D eigenvalue weighted by atomic mass is 32.1. The minimum atomic E-state index is -0.136. The van der Waals surface area contributed by atoms with Crippen LogP contribution in [0.2, 0.25) is 0 Å². The number of carbonyl (C=O) groups excluding carboxylic acids is 1. The van der Waals surface area contributed by atoms with Crippen molar-refractivity contribution in [1.29, 1.82) is 0 Å². The number of rotatable bonds is 3. The van der Waals surface area contributed by atoms with Gasteiger partial charge < -0.3 is 0 Å². The van der Waals surface area contributed by atoms with E-state index in [1.54, 1.807) is 0 Å². The maximum atomic E-state index is 12.3. The van der Waals surface area contributed by atoms with Crippen LogP contribution in [0.25, 0.3) is 0 Å². The number of aromatic nitrogens is 3. The van der Waals surface area contributed by atoms with E-state index in [9.17, 15) is 4.79 Å². The molecule has 1 amide bonds. The third kappa shape index (κ3) is 2.53. The van der Waals surface area contributed by atoms with E-state index < -0.39 is 0 Å². The summed E-state index contributed by atoms with van der Waals surface area (Å²) in [5, 5.41) is 7.85. The Balaban J connectivity index is 2.27. The molecule has 0 spiro atoms. The fraction of sp³-hybridized carbons (Fsp3) is 0.462. The van der Waals surface area contributed by atoms with Crippen molar-refractivity contribution in [1.82, 2.24) is 14.8 Å². The molecule has 0 aliphatic carbocycles. The van der Waals surface area contributed by atoms with E-state index in [0.717, 1.165) is 28.5 Å². The average molecular weight is 278 g/mol. The normalized spacial score (nSPS) is 10.8. The number of anilines is 1. The second kappa shape index (κ2) is 5.13. The Bertz CT molecular complexity index is 607. The maximum Gasteiger partial charge on any atom is 0.261 e. The van der Waals surface area contributed by atoms with E-state index in [0.29, 0.717) is 10.7 Å². The van der Waals surface area contributed by atoms with Crippen LogP contribution in [-0.4, -0.2) is 20.7 Å². The Morgan fingerprint density at radius 1 is 1.26 bits per heavy atom. The summed E-state index contributed by atoms with van der Waals surface area (Å²) in [6.07, 6.45) is 0. The van der Waals surface area contributed by atoms with Crippen LogP contribution in [0.5, 0.6) is 0 Å². The lowest BCUT2D eigenvalue weighted by atomic mass is 10.2. The molecule has 2 heterocycles. The van der Waals surface area contributed by atoms with Gasteiger partial charge in [0, 0.05) is 17.1 Å². The van der Waals surface area contributed by atoms with Crippen molar-refractivity contribution in [3.8, 4) is 0 Å². The van der Waals surface area contributed by atoms with Gasteiger partial charge in [0.05, 0.1) is 17.0 Å². The zero-order valence-electron chi connectivity index (χ0n) is 11.9. The summed E-state index contributed by atoms with van der Waals surface area (Å²) in [7, 11) is 0. The van der Waals surface area contributed by atoms with Gasteiger partial charge in [-0.1, -0.05) is 0 Å². The van der Waals surface area contributed by atoms with Crippen LogP contribution in [0.3, 0.4) is 0 Å². The fourth-order valence-corrected chi connectivity index (χ4v) is 2.83. The van der Waals surface area contributed by atoms with Crippen LogP contribution in [0, 0.1) is 27.7 Å². The van der Waals surface area contributed by atoms with Crippen LogP contribution in [0.15, 0.2) is 0 Å². The van der Waals surface area contributed by atoms with Gasteiger partial charge in [-0.2, -0.15) is 5.10 Å². The summed E-state index contributed by atoms with van der Waals surface area (Å²) in [6.45, 7) is 10.5. The Kier molecular flexibility index (Phi) is 3.71. The highest BCUT2D eigenvalue weighted by molar-refractivity contribution is 7.15. The largest absolute Gasteiger partial charge is 0.298 e. The highest BCUT2D eigenvalue weighted by Gasteiger charge is 2.19. The molecule has 0 fully saturated rings. The number of amides is 1. The second-order valence-electron chi connectivity index (χ2n) is 4.48. The highest BCUT2D eigenvalue weighted by Crippen LogP contribution is 2.22. The molecule has 0 atom stereocenters. The molecule has 0 aliphatic heterocycles. The smallest absolute Gasteiger partial charge is 0.261 e. The quantitative estimate of drug-likeness (QED) is 0.939. The molecule has 0 aromatic carbocycles. The molecule has 2 aromatic heterocycles. The first-order valence-corrected chi connectivity index (χ1v) is 7.05. The molecule has 1 N–H and O–H groups in total. The van der Waals surface area contributed by atoms with Crippen molar-refractivity contribution in [2.75, 3.05) is 5.32 Å². The van der Waals surface area contributed by atoms with Gasteiger partial charge in [0.2, 0.25) is 0 Å². The van der Waals surface area contributed by atoms with E-state index in [2.05, 4.69) is 15.4 Å². The number of hydrogen-bond donors (Lipinski definition) is 1. The van der Waals surface area contributed by atoms with E-state index in [4.69, 9.17) is 0 Å². The average Bonchev–Trinajstić information content (AvgIpc) is 2.79. The van der Waals surface area contributed by atoms with Crippen LogP contribution < -0.4 is 5.32 Å². The van der Waals surface area contributed by atoms with Gasteiger partial charge in [0.1, 0.15) is 0 Å². The first kappa shape index (κ1) is 13.7. The molecule has 0 saturated heterocycles. The molecule has 102 valence electrons. The van der Waals surface area contributed by atoms with Crippen LogP contribution in [0.1, 0.15) is 39.2 Å². The fourth-order valence-electron chi connectivity index (χ4n) is 2.02. The standard InChI is InChI=1S/C13H18N4OS/c1-6-17-9(4)11(8(3)16-17)12(18)15-13-14-7(2)10(5)19-13/h6H2,1-5H3,(H,14,15,18). The number of nitrogens with zero attached hydrogens (tertiary/aromatic N) is 3. The van der Waals surface area contributed by atoms with E-state index in [1.165, 1.54) is 11.3 Å². The Morgan fingerprint density at radius 2 is 1.95 bits per heavy atom. The molecule has 0 saturated carbocycles. The van der Waals surface area contributed by atoms with Gasteiger partial charge in [-0.3, -0.25) is 14.8 Å². The molecule has 6 heteroatoms. The third-order valence-electron chi connectivity index (χ3n) is 3.16. The van der Waals surface area contributed by atoms with Gasteiger partial charge in [-0.05, 0) is 34.6 Å². The maximum absolute atomic E-state index is 12.3. The predicted octanol–water partition coefficient (Wildman–Crippen LogP) is 2.85. The first-order valence-electron chi connectivity index (χ1n) is 6.23. The van der Waals surface area contributed by atoms with Gasteiger partial charge in [0.15, 0.2) is 5.13 Å². The summed E-state index contributed by atoms with van der Waals surface area (Å²) in [5.74, 6) is -0.136. The summed E-state index contributed by atoms with van der Waals surface area (Å²) in [5.41, 5.74) is 3.25. The molecule has 0 bridgehead atoms. The van der Waals surface area contributed by atoms with Crippen LogP contribution in [-0.2, 0) is 6.54 Å². The summed E-state index contributed by atoms with van der Waals surface area (Å²) in [6, 6.07) is 0. The summed E-state index contributed by atoms with van der Waals surface area (Å²) < 4.78 is 1.84. The molecular formula is C13H18N4OS. The molecular weight excluding hydrogens is 260 g/mol. The number of nitrogens with one attached hydrogen (secondary N) is 1. The Hall–Kier alpha value is -1.69. The molecule has 19 heavy (non-hydrogen) atoms. The number of hydrogen-bond acceptors (Lipinski definition) is 4. The Morgan fingerprint density at radius 3 is 2.42 bits per heavy atom. The van der Waals surface area contributed by atoms with Gasteiger partial charge in [0.25, 0.3) is 5.91 Å². The SMILES string of the molecule is CCn1nc(C)c(C(=O)Nc2nc(C)c(C)s2)c1C. The minimum Gasteiger partial charge on any atom is -0.298 e. The topological polar surface area (TPSA) is 59.8 Å². The predicted molar refractivity (Wildman–Crippen MR) is 76.9 cm³/mol. The van der Waals surface area contributed by atoms with Crippen LogP contribution in [0.4, 0.5) is 5.13 Å². The Labute approximate surface area is 116 Å². The van der Waals surface area contributed by atoms with Crippen molar-refractivity contribution < 1.29 is 4.79 Å². The van der Waals surface area contributed by atoms with Crippen LogP contribution >= 0.6 is 11.3 Å². The lowest BCUT2D eigenvalue weighted by molar-refractivity contribution is 0.102. The number of carbonyl (C=O) groups is 1. The zero-order valence-corrected chi connectivity index (χ0v) is 12.7. The van der Waals surface area contributed by atoms with Crippen molar-refractivity contribution in [3.05, 3.63) is 27.5 Å². The molecule has 0 radical (unpaired) electrons. The van der Waals surface area contributed by atoms with Crippen molar-refractivity contribution in [3.63, 3.8) is 0 Å². The third-order valence-corrected chi connectivity index (χ3v) is 4.15. The van der Waals surface area contributed by atoms with Crippen molar-refractivity contribution >= 4 is 22.4 Å². The number of thiazole rings is 1. The molecule has 0 unspecified atom stereocenters. The number of aryl methyl sites for hydroxylation is 4. The first-order chi connectivity index (χ1) is 8.93. The lowest BCUT2D eigenvalue weighted by Gasteiger charge is -2.02. The zero-order chi connectivity index (χ0) is 14.2. The van der Waals surface area contributed by atoms with Gasteiger partial charge in [-0.25, -0.2) is 4.98 Å². The summed E-state index contributed by atoms with van der Waals surface area (Å²) in [4.78, 5) is 17.7. The monoisotopic (exact) mass is 278 g/mol. The van der Waals surface area contributed by atoms with E-state index in [1.807, 2.05) is 39.3 Å². The van der Waals surface area contributed by atoms with E-state index in [-0.39, 0.29) is 5.91 Å². The van der Waals surface area contributed by atoms with Crippen molar-refractivity contribution in [2.45, 2.75) is 41.2 Å². The van der Waals surface area contributed by atoms with E-state index >= 15 is 0 Å². The molecule has 5 nitrogen and oxygen atoms in total. The van der Waals surface area contributed by atoms with Gasteiger partial charge in [-0.15, -0.1) is 11.3 Å². The van der Waals surface area contributed by atoms with Crippen molar-refractivity contribution in [2.24, 2.45) is 0 Å². The molecule has 0 aliphatic rings. The molecule has 2 rings (SSSR count). The minimum absolute atomic E-state index is 0.136. The molecule has 2 aromatic rings. The summed E-state index contributed by atoms with van der Waals surface area (Å²) >= 11 is 1.49. The van der Waals surface area contributed by atoms with Gasteiger partial charge >= 0.3 is 0 Å².